The van der Waals surface area contributed by atoms with Gasteiger partial charge < -0.3 is 23.7 Å². The van der Waals surface area contributed by atoms with Gasteiger partial charge in [0.25, 0.3) is 0 Å². The van der Waals surface area contributed by atoms with Crippen LogP contribution in [0.4, 0.5) is 0 Å². The quantitative estimate of drug-likeness (QED) is 0.289. The first-order valence-corrected chi connectivity index (χ1v) is 14.9. The van der Waals surface area contributed by atoms with Gasteiger partial charge in [-0.1, -0.05) is 45.4 Å². The van der Waals surface area contributed by atoms with E-state index < -0.39 is 40.7 Å². The molecule has 7 heteroatoms. The van der Waals surface area contributed by atoms with Crippen molar-refractivity contribution in [1.82, 2.24) is 0 Å². The highest BCUT2D eigenvalue weighted by molar-refractivity contribution is 5.87. The molecule has 40 heavy (non-hydrogen) atoms. The summed E-state index contributed by atoms with van der Waals surface area (Å²) in [6, 6.07) is 2.07. The lowest BCUT2D eigenvalue weighted by molar-refractivity contribution is -0.262. The van der Waals surface area contributed by atoms with Crippen LogP contribution >= 0.6 is 0 Å². The van der Waals surface area contributed by atoms with Crippen molar-refractivity contribution in [3.63, 3.8) is 0 Å². The summed E-state index contributed by atoms with van der Waals surface area (Å²) in [6.07, 6.45) is 8.72. The fourth-order valence-electron chi connectivity index (χ4n) is 10.4. The summed E-state index contributed by atoms with van der Waals surface area (Å²) < 4.78 is 24.3. The number of allylic oxidation sites excluding steroid dienone is 2. The first-order chi connectivity index (χ1) is 18.8. The maximum absolute atomic E-state index is 13.0. The zero-order valence-corrected chi connectivity index (χ0v) is 24.9. The molecule has 5 aliphatic rings. The Morgan fingerprint density at radius 2 is 1.88 bits per heavy atom. The van der Waals surface area contributed by atoms with Gasteiger partial charge in [0.05, 0.1) is 31.3 Å². The van der Waals surface area contributed by atoms with Crippen molar-refractivity contribution in [2.24, 2.45) is 33.5 Å². The molecule has 4 fully saturated rings. The molecule has 0 radical (unpaired) electrons. The van der Waals surface area contributed by atoms with Crippen molar-refractivity contribution in [2.45, 2.75) is 104 Å². The van der Waals surface area contributed by atoms with Crippen LogP contribution in [0, 0.1) is 33.5 Å². The van der Waals surface area contributed by atoms with Crippen molar-refractivity contribution in [3.8, 4) is 0 Å². The van der Waals surface area contributed by atoms with E-state index in [1.54, 1.807) is 19.3 Å². The number of rotatable bonds is 4. The van der Waals surface area contributed by atoms with Gasteiger partial charge >= 0.3 is 11.9 Å². The van der Waals surface area contributed by atoms with Crippen LogP contribution < -0.4 is 0 Å². The molecule has 218 valence electrons. The minimum absolute atomic E-state index is 0.0537. The normalized spacial score (nSPS) is 47.5. The lowest BCUT2D eigenvalue weighted by atomic mass is 9.36. The number of ether oxygens (including phenoxy) is 3. The molecule has 1 N–H and O–H groups in total. The summed E-state index contributed by atoms with van der Waals surface area (Å²) in [5.74, 6) is -0.503. The Balaban J connectivity index is 1.45. The second-order valence-corrected chi connectivity index (χ2v) is 14.0. The molecule has 0 spiro atoms. The first kappa shape index (κ1) is 27.8. The minimum atomic E-state index is -0.740. The number of aliphatic hydroxyl groups is 1. The second kappa shape index (κ2) is 9.06. The topological polar surface area (TPSA) is 95.2 Å². The van der Waals surface area contributed by atoms with Crippen molar-refractivity contribution < 1.29 is 33.3 Å². The number of carbonyl (C=O) groups excluding carboxylic acids is 2. The van der Waals surface area contributed by atoms with E-state index in [4.69, 9.17) is 18.6 Å². The third-order valence-electron chi connectivity index (χ3n) is 12.3. The van der Waals surface area contributed by atoms with Crippen LogP contribution in [0.5, 0.6) is 0 Å². The fraction of sp³-hybridized carbons (Fsp3) is 0.697. The Bertz CT molecular complexity index is 1260. The van der Waals surface area contributed by atoms with Crippen LogP contribution in [0.25, 0.3) is 0 Å². The molecule has 1 saturated heterocycles. The molecule has 0 amide bonds. The summed E-state index contributed by atoms with van der Waals surface area (Å²) in [4.78, 5) is 25.5. The molecule has 0 unspecified atom stereocenters. The molecule has 7 nitrogen and oxygen atoms in total. The van der Waals surface area contributed by atoms with Gasteiger partial charge in [0.1, 0.15) is 12.2 Å². The smallest absolute Gasteiger partial charge is 0.333 e. The van der Waals surface area contributed by atoms with E-state index in [0.717, 1.165) is 19.3 Å². The Labute approximate surface area is 237 Å². The van der Waals surface area contributed by atoms with Gasteiger partial charge in [-0.3, -0.25) is 4.79 Å². The van der Waals surface area contributed by atoms with Crippen molar-refractivity contribution in [1.29, 1.82) is 0 Å². The van der Waals surface area contributed by atoms with Crippen LogP contribution in [0.3, 0.4) is 0 Å². The summed E-state index contributed by atoms with van der Waals surface area (Å²) in [5.41, 5.74) is 1.36. The molecular formula is C33H44O7. The van der Waals surface area contributed by atoms with Gasteiger partial charge in [0.15, 0.2) is 0 Å². The van der Waals surface area contributed by atoms with Crippen LogP contribution in [0.2, 0.25) is 0 Å². The van der Waals surface area contributed by atoms with Crippen LogP contribution in [0.1, 0.15) is 85.6 Å². The molecule has 4 aliphatic carbocycles. The monoisotopic (exact) mass is 552 g/mol. The van der Waals surface area contributed by atoms with Crippen LogP contribution in [0.15, 0.2) is 46.3 Å². The van der Waals surface area contributed by atoms with Crippen molar-refractivity contribution in [3.05, 3.63) is 47.5 Å². The third-order valence-corrected chi connectivity index (χ3v) is 12.3. The lowest BCUT2D eigenvalue weighted by Crippen LogP contribution is -2.73. The van der Waals surface area contributed by atoms with E-state index in [2.05, 4.69) is 39.8 Å². The number of aliphatic hydroxyl groups excluding tert-OH is 1. The number of hydrogen-bond donors (Lipinski definition) is 1. The molecule has 0 aromatic carbocycles. The Morgan fingerprint density at radius 1 is 1.12 bits per heavy atom. The van der Waals surface area contributed by atoms with E-state index in [-0.39, 0.29) is 29.2 Å². The highest BCUT2D eigenvalue weighted by atomic mass is 16.6. The number of fused-ring (bicyclic) bond motifs is 4. The van der Waals surface area contributed by atoms with Gasteiger partial charge in [-0.2, -0.15) is 0 Å². The summed E-state index contributed by atoms with van der Waals surface area (Å²) in [7, 11) is 0. The summed E-state index contributed by atoms with van der Waals surface area (Å²) in [6.45, 7) is 14.3. The summed E-state index contributed by atoms with van der Waals surface area (Å²) >= 11 is 0. The Morgan fingerprint density at radius 3 is 2.52 bits per heavy atom. The number of carbonyl (C=O) groups is 2. The predicted octanol–water partition coefficient (Wildman–Crippen LogP) is 5.73. The minimum Gasteiger partial charge on any atom is -0.472 e. The highest BCUT2D eigenvalue weighted by Gasteiger charge is 2.77. The van der Waals surface area contributed by atoms with E-state index in [0.29, 0.717) is 24.5 Å². The molecule has 1 aliphatic heterocycles. The van der Waals surface area contributed by atoms with Gasteiger partial charge in [-0.25, -0.2) is 4.79 Å². The van der Waals surface area contributed by atoms with E-state index in [9.17, 15) is 14.7 Å². The molecule has 1 aromatic rings. The van der Waals surface area contributed by atoms with Crippen LogP contribution in [-0.2, 0) is 23.8 Å². The fourth-order valence-corrected chi connectivity index (χ4v) is 10.4. The standard InChI is InChI=1S/C33H44O7/c1-8-18(2)29(36)40-24-15-25(39-19(3)34)33(7)23-11-13-30(4)21(20-12-14-37-16-20)9-10-22(30)32(23,6)28(35)26-27(33)31(24,5)17-38-26/h8,10,12,14,16,21,23-28,35H,9,11,13,15,17H2,1-7H3/b18-8-/t21-,23-,24+,25-,26+,27-,28+,30-,31+,32-,33-/m0/s1. The molecule has 1 aromatic heterocycles. The average Bonchev–Trinajstić information content (AvgIpc) is 3.63. The predicted molar refractivity (Wildman–Crippen MR) is 148 cm³/mol. The maximum Gasteiger partial charge on any atom is 0.333 e. The Hall–Kier alpha value is -2.38. The summed E-state index contributed by atoms with van der Waals surface area (Å²) in [5, 5.41) is 12.3. The molecule has 6 rings (SSSR count). The van der Waals surface area contributed by atoms with E-state index in [1.807, 2.05) is 13.2 Å². The molecular weight excluding hydrogens is 508 g/mol. The zero-order chi connectivity index (χ0) is 28.8. The second-order valence-electron chi connectivity index (χ2n) is 14.0. The van der Waals surface area contributed by atoms with E-state index in [1.165, 1.54) is 18.1 Å². The largest absolute Gasteiger partial charge is 0.472 e. The molecule has 0 bridgehead atoms. The third kappa shape index (κ3) is 3.43. The lowest BCUT2D eigenvalue weighted by Gasteiger charge is -2.69. The van der Waals surface area contributed by atoms with Gasteiger partial charge in [-0.05, 0) is 62.0 Å². The van der Waals surface area contributed by atoms with Crippen LogP contribution in [-0.4, -0.2) is 48.1 Å². The van der Waals surface area contributed by atoms with Gasteiger partial charge in [-0.15, -0.1) is 0 Å². The Kier molecular flexibility index (Phi) is 6.29. The number of hydrogen-bond acceptors (Lipinski definition) is 7. The average molecular weight is 553 g/mol. The number of esters is 2. The molecule has 2 heterocycles. The highest BCUT2D eigenvalue weighted by Crippen LogP contribution is 2.75. The zero-order valence-electron chi connectivity index (χ0n) is 24.9. The van der Waals surface area contributed by atoms with Crippen molar-refractivity contribution in [2.75, 3.05) is 6.61 Å². The van der Waals surface area contributed by atoms with Gasteiger partial charge in [0.2, 0.25) is 0 Å². The van der Waals surface area contributed by atoms with E-state index >= 15 is 0 Å². The SMILES string of the molecule is C/C=C(/C)C(=O)O[C@@H]1C[C@H](OC(C)=O)[C@@]2(C)[C@H]3[C@@H](OC[C@]13C)[C@@H](O)[C@@]1(C)C3=CC[C@@H](c4ccoc4)[C@]3(C)CC[C@@H]12. The van der Waals surface area contributed by atoms with Gasteiger partial charge in [0, 0.05) is 41.1 Å². The first-order valence-electron chi connectivity index (χ1n) is 14.9. The molecule has 11 atom stereocenters. The number of furan rings is 1. The maximum atomic E-state index is 13.0. The molecule has 3 saturated carbocycles. The van der Waals surface area contributed by atoms with Crippen molar-refractivity contribution >= 4 is 11.9 Å².